The molecule has 0 bridgehead atoms. The highest BCUT2D eigenvalue weighted by atomic mass is 35.5. The largest absolute Gasteiger partial charge is 0.227 e. The zero-order chi connectivity index (χ0) is 15.1. The van der Waals surface area contributed by atoms with Gasteiger partial charge in [-0.15, -0.1) is 11.3 Å². The number of thiophene rings is 1. The summed E-state index contributed by atoms with van der Waals surface area (Å²) in [5.74, 6) is 1.03. The molecule has 0 aliphatic heterocycles. The molecule has 0 saturated heterocycles. The van der Waals surface area contributed by atoms with Gasteiger partial charge in [-0.3, -0.25) is 0 Å². The minimum Gasteiger partial charge on any atom is -0.227 e. The standard InChI is InChI=1S/C16H14Cl2N2S/c1-8(2)10-4-5-12-11(6-10)15(18)20-16(19-12)14-13(17)9(3)7-21-14/h4-8H,1-3H3. The van der Waals surface area contributed by atoms with Crippen LogP contribution in [0.1, 0.15) is 30.9 Å². The van der Waals surface area contributed by atoms with Gasteiger partial charge in [-0.2, -0.15) is 0 Å². The Morgan fingerprint density at radius 2 is 1.90 bits per heavy atom. The van der Waals surface area contributed by atoms with E-state index in [0.717, 1.165) is 21.3 Å². The lowest BCUT2D eigenvalue weighted by Gasteiger charge is -2.08. The Bertz CT molecular complexity index is 825. The molecule has 21 heavy (non-hydrogen) atoms. The van der Waals surface area contributed by atoms with Crippen molar-refractivity contribution in [2.24, 2.45) is 0 Å². The Morgan fingerprint density at radius 3 is 2.52 bits per heavy atom. The number of nitrogens with zero attached hydrogens (tertiary/aromatic N) is 2. The highest BCUT2D eigenvalue weighted by Crippen LogP contribution is 2.36. The molecule has 0 atom stereocenters. The van der Waals surface area contributed by atoms with E-state index in [-0.39, 0.29) is 0 Å². The summed E-state index contributed by atoms with van der Waals surface area (Å²) in [5, 5.41) is 4.06. The Labute approximate surface area is 137 Å². The highest BCUT2D eigenvalue weighted by molar-refractivity contribution is 7.14. The van der Waals surface area contributed by atoms with E-state index in [9.17, 15) is 0 Å². The summed E-state index contributed by atoms with van der Waals surface area (Å²) in [5.41, 5.74) is 3.11. The summed E-state index contributed by atoms with van der Waals surface area (Å²) in [4.78, 5) is 9.90. The molecule has 108 valence electrons. The number of fused-ring (bicyclic) bond motifs is 1. The first-order valence-corrected chi connectivity index (χ1v) is 8.32. The van der Waals surface area contributed by atoms with E-state index in [4.69, 9.17) is 23.2 Å². The first-order valence-electron chi connectivity index (χ1n) is 6.68. The van der Waals surface area contributed by atoms with Crippen molar-refractivity contribution in [3.63, 3.8) is 0 Å². The SMILES string of the molecule is Cc1csc(-c2nc(Cl)c3cc(C(C)C)ccc3n2)c1Cl. The van der Waals surface area contributed by atoms with Crippen LogP contribution in [-0.2, 0) is 0 Å². The first-order chi connectivity index (χ1) is 9.97. The van der Waals surface area contributed by atoms with E-state index in [1.165, 1.54) is 16.9 Å². The summed E-state index contributed by atoms with van der Waals surface area (Å²) >= 11 is 14.2. The first kappa shape index (κ1) is 14.8. The minimum atomic E-state index is 0.444. The van der Waals surface area contributed by atoms with Crippen LogP contribution < -0.4 is 0 Å². The van der Waals surface area contributed by atoms with Crippen molar-refractivity contribution in [3.05, 3.63) is 44.9 Å². The average molecular weight is 337 g/mol. The quantitative estimate of drug-likeness (QED) is 0.528. The Morgan fingerprint density at radius 1 is 1.14 bits per heavy atom. The molecule has 0 N–H and O–H groups in total. The molecule has 0 unspecified atom stereocenters. The molecule has 0 amide bonds. The topological polar surface area (TPSA) is 25.8 Å². The van der Waals surface area contributed by atoms with Gasteiger partial charge in [0.25, 0.3) is 0 Å². The van der Waals surface area contributed by atoms with Crippen LogP contribution in [0, 0.1) is 6.92 Å². The van der Waals surface area contributed by atoms with Crippen LogP contribution in [0.5, 0.6) is 0 Å². The normalized spacial score (nSPS) is 11.5. The molecule has 0 aliphatic carbocycles. The number of hydrogen-bond donors (Lipinski definition) is 0. The molecule has 0 fully saturated rings. The zero-order valence-electron chi connectivity index (χ0n) is 11.9. The van der Waals surface area contributed by atoms with E-state index in [0.29, 0.717) is 21.9 Å². The van der Waals surface area contributed by atoms with Crippen molar-refractivity contribution in [3.8, 4) is 10.7 Å². The molecule has 3 aromatic rings. The molecule has 2 aromatic heterocycles. The van der Waals surface area contributed by atoms with Crippen LogP contribution in [0.2, 0.25) is 10.2 Å². The monoisotopic (exact) mass is 336 g/mol. The number of aryl methyl sites for hydroxylation is 1. The van der Waals surface area contributed by atoms with Gasteiger partial charge in [-0.05, 0) is 41.5 Å². The van der Waals surface area contributed by atoms with Crippen LogP contribution in [0.15, 0.2) is 23.6 Å². The van der Waals surface area contributed by atoms with Gasteiger partial charge in [0.05, 0.1) is 15.4 Å². The fourth-order valence-corrected chi connectivity index (χ4v) is 3.59. The van der Waals surface area contributed by atoms with E-state index in [1.54, 1.807) is 0 Å². The molecule has 1 aromatic carbocycles. The molecule has 3 rings (SSSR count). The van der Waals surface area contributed by atoms with E-state index < -0.39 is 0 Å². The maximum atomic E-state index is 6.36. The summed E-state index contributed by atoms with van der Waals surface area (Å²) in [6.45, 7) is 6.27. The van der Waals surface area contributed by atoms with Crippen LogP contribution in [-0.4, -0.2) is 9.97 Å². The van der Waals surface area contributed by atoms with E-state index >= 15 is 0 Å². The fraction of sp³-hybridized carbons (Fsp3) is 0.250. The van der Waals surface area contributed by atoms with Crippen molar-refractivity contribution in [2.75, 3.05) is 0 Å². The Balaban J connectivity index is 2.20. The molecule has 2 nitrogen and oxygen atoms in total. The van der Waals surface area contributed by atoms with Gasteiger partial charge >= 0.3 is 0 Å². The number of rotatable bonds is 2. The van der Waals surface area contributed by atoms with Crippen LogP contribution in [0.4, 0.5) is 0 Å². The van der Waals surface area contributed by atoms with Crippen molar-refractivity contribution in [2.45, 2.75) is 26.7 Å². The third-order valence-corrected chi connectivity index (χ3v) is 5.42. The lowest BCUT2D eigenvalue weighted by molar-refractivity contribution is 0.868. The third-order valence-electron chi connectivity index (χ3n) is 3.44. The van der Waals surface area contributed by atoms with Crippen molar-refractivity contribution in [1.29, 1.82) is 0 Å². The smallest absolute Gasteiger partial charge is 0.173 e. The number of aromatic nitrogens is 2. The maximum absolute atomic E-state index is 6.36. The lowest BCUT2D eigenvalue weighted by atomic mass is 10.0. The van der Waals surface area contributed by atoms with Crippen LogP contribution >= 0.6 is 34.5 Å². The van der Waals surface area contributed by atoms with Gasteiger partial charge in [0, 0.05) is 5.39 Å². The molecule has 0 radical (unpaired) electrons. The zero-order valence-corrected chi connectivity index (χ0v) is 14.3. The lowest BCUT2D eigenvalue weighted by Crippen LogP contribution is -1.93. The number of hydrogen-bond acceptors (Lipinski definition) is 3. The molecule has 0 spiro atoms. The molecule has 5 heteroatoms. The van der Waals surface area contributed by atoms with Crippen molar-refractivity contribution >= 4 is 45.4 Å². The second-order valence-electron chi connectivity index (χ2n) is 5.33. The predicted octanol–water partition coefficient (Wildman–Crippen LogP) is 6.10. The third kappa shape index (κ3) is 2.66. The van der Waals surface area contributed by atoms with Crippen LogP contribution in [0.3, 0.4) is 0 Å². The van der Waals surface area contributed by atoms with Crippen LogP contribution in [0.25, 0.3) is 21.6 Å². The Kier molecular flexibility index (Phi) is 3.91. The molecular formula is C16H14Cl2N2S. The predicted molar refractivity (Wildman–Crippen MR) is 91.7 cm³/mol. The van der Waals surface area contributed by atoms with Gasteiger partial charge in [-0.1, -0.05) is 43.1 Å². The Hall–Kier alpha value is -1.16. The second-order valence-corrected chi connectivity index (χ2v) is 6.95. The van der Waals surface area contributed by atoms with Crippen molar-refractivity contribution < 1.29 is 0 Å². The summed E-state index contributed by atoms with van der Waals surface area (Å²) in [6, 6.07) is 6.14. The number of benzene rings is 1. The molecule has 0 saturated carbocycles. The van der Waals surface area contributed by atoms with Gasteiger partial charge < -0.3 is 0 Å². The summed E-state index contributed by atoms with van der Waals surface area (Å²) in [7, 11) is 0. The minimum absolute atomic E-state index is 0.444. The van der Waals surface area contributed by atoms with Gasteiger partial charge in [-0.25, -0.2) is 9.97 Å². The van der Waals surface area contributed by atoms with Gasteiger partial charge in [0.15, 0.2) is 5.82 Å². The fourth-order valence-electron chi connectivity index (χ4n) is 2.15. The van der Waals surface area contributed by atoms with E-state index in [1.807, 2.05) is 18.4 Å². The molecule has 0 aliphatic rings. The molecule has 2 heterocycles. The van der Waals surface area contributed by atoms with Crippen molar-refractivity contribution in [1.82, 2.24) is 9.97 Å². The second kappa shape index (κ2) is 5.56. The van der Waals surface area contributed by atoms with Gasteiger partial charge in [0.2, 0.25) is 0 Å². The summed E-state index contributed by atoms with van der Waals surface area (Å²) in [6.07, 6.45) is 0. The average Bonchev–Trinajstić information content (AvgIpc) is 2.78. The molecular weight excluding hydrogens is 323 g/mol. The van der Waals surface area contributed by atoms with E-state index in [2.05, 4.69) is 35.9 Å². The van der Waals surface area contributed by atoms with Gasteiger partial charge in [0.1, 0.15) is 5.15 Å². The number of halogens is 2. The highest BCUT2D eigenvalue weighted by Gasteiger charge is 2.14. The summed E-state index contributed by atoms with van der Waals surface area (Å²) < 4.78 is 0. The maximum Gasteiger partial charge on any atom is 0.173 e.